The van der Waals surface area contributed by atoms with Crippen LogP contribution in [0.3, 0.4) is 0 Å². The fourth-order valence-electron chi connectivity index (χ4n) is 4.02. The highest BCUT2D eigenvalue weighted by molar-refractivity contribution is 7.10. The molecule has 5 heterocycles. The zero-order valence-corrected chi connectivity index (χ0v) is 16.0. The molecule has 1 aliphatic heterocycles. The number of aromatic amines is 1. The summed E-state index contributed by atoms with van der Waals surface area (Å²) < 4.78 is 2.02. The van der Waals surface area contributed by atoms with Gasteiger partial charge in [-0.2, -0.15) is 0 Å². The summed E-state index contributed by atoms with van der Waals surface area (Å²) in [5.74, 6) is 0.623. The van der Waals surface area contributed by atoms with E-state index < -0.39 is 6.10 Å². The number of aliphatic hydroxyl groups is 2. The third-order valence-corrected chi connectivity index (χ3v) is 6.19. The minimum Gasteiger partial charge on any atom is -0.391 e. The molecule has 8 nitrogen and oxygen atoms in total. The molecule has 144 valence electrons. The Morgan fingerprint density at radius 1 is 1.43 bits per heavy atom. The van der Waals surface area contributed by atoms with E-state index in [1.165, 1.54) is 18.3 Å². The lowest BCUT2D eigenvalue weighted by atomic mass is 10.2. The van der Waals surface area contributed by atoms with Gasteiger partial charge in [-0.05, 0) is 12.1 Å². The number of nitrogens with one attached hydrogen (secondary N) is 1. The summed E-state index contributed by atoms with van der Waals surface area (Å²) in [6.45, 7) is 1.80. The van der Waals surface area contributed by atoms with Crippen LogP contribution in [0, 0.1) is 0 Å². The molecule has 4 aromatic rings. The molecule has 9 heteroatoms. The normalized spacial score (nSPS) is 19.9. The lowest BCUT2D eigenvalue weighted by molar-refractivity contribution is -0.130. The Morgan fingerprint density at radius 3 is 3.04 bits per heavy atom. The average Bonchev–Trinajstić information content (AvgIpc) is 3.44. The Morgan fingerprint density at radius 2 is 2.29 bits per heavy atom. The number of carbonyl (C=O) groups is 1. The van der Waals surface area contributed by atoms with Crippen molar-refractivity contribution in [3.05, 3.63) is 40.6 Å². The number of hydrogen-bond acceptors (Lipinski definition) is 6. The topological polar surface area (TPSA) is 107 Å². The number of carbonyl (C=O) groups excluding carboxylic acids is 1. The average molecular weight is 397 g/mol. The standard InChI is InChI=1S/C19H19N5O3S/c1-10(26)23-7-12(27)5-15(23)19-22-17(11-4-13(8-25)28-9-11)16-6-21-18-14(24(16)19)2-3-20-18/h2-4,6,9,12,15,20,25,27H,5,7-8H2,1H3/t12-,15-/m1/s1. The van der Waals surface area contributed by atoms with Gasteiger partial charge in [0.05, 0.1) is 41.7 Å². The molecule has 4 aromatic heterocycles. The first-order valence-corrected chi connectivity index (χ1v) is 9.93. The molecular weight excluding hydrogens is 378 g/mol. The van der Waals surface area contributed by atoms with E-state index in [4.69, 9.17) is 4.98 Å². The quantitative estimate of drug-likeness (QED) is 0.491. The van der Waals surface area contributed by atoms with Crippen LogP contribution in [0.5, 0.6) is 0 Å². The second-order valence-electron chi connectivity index (χ2n) is 7.05. The van der Waals surface area contributed by atoms with Gasteiger partial charge >= 0.3 is 0 Å². The number of imidazole rings is 1. The van der Waals surface area contributed by atoms with Gasteiger partial charge in [0.15, 0.2) is 5.65 Å². The molecule has 0 aliphatic carbocycles. The van der Waals surface area contributed by atoms with Crippen LogP contribution >= 0.6 is 11.3 Å². The number of nitrogens with zero attached hydrogens (tertiary/aromatic N) is 4. The summed E-state index contributed by atoms with van der Waals surface area (Å²) in [5, 5.41) is 21.6. The van der Waals surface area contributed by atoms with Crippen molar-refractivity contribution in [2.45, 2.75) is 32.1 Å². The van der Waals surface area contributed by atoms with Gasteiger partial charge in [0.1, 0.15) is 5.82 Å². The van der Waals surface area contributed by atoms with E-state index in [1.807, 2.05) is 28.1 Å². The smallest absolute Gasteiger partial charge is 0.220 e. The zero-order valence-electron chi connectivity index (χ0n) is 15.2. The van der Waals surface area contributed by atoms with E-state index in [0.717, 1.165) is 32.8 Å². The molecule has 0 aromatic carbocycles. The maximum atomic E-state index is 12.2. The molecule has 0 spiro atoms. The minimum absolute atomic E-state index is 0.0173. The fraction of sp³-hybridized carbons (Fsp3) is 0.316. The van der Waals surface area contributed by atoms with E-state index in [1.54, 1.807) is 11.1 Å². The number of aromatic nitrogens is 4. The number of hydrogen-bond donors (Lipinski definition) is 3. The number of thiophene rings is 1. The Labute approximate surface area is 164 Å². The second kappa shape index (κ2) is 6.40. The van der Waals surface area contributed by atoms with Gasteiger partial charge < -0.3 is 20.1 Å². The highest BCUT2D eigenvalue weighted by Gasteiger charge is 2.37. The molecule has 0 radical (unpaired) electrons. The SMILES string of the molecule is CC(=O)N1C[C@H](O)C[C@@H]1c1nc(-c2csc(CO)c2)c2cnc3[nH]ccc3n12. The molecule has 2 atom stereocenters. The van der Waals surface area contributed by atoms with E-state index in [9.17, 15) is 15.0 Å². The van der Waals surface area contributed by atoms with Crippen LogP contribution in [0.2, 0.25) is 0 Å². The lowest BCUT2D eigenvalue weighted by Gasteiger charge is -2.22. The highest BCUT2D eigenvalue weighted by atomic mass is 32.1. The van der Waals surface area contributed by atoms with Gasteiger partial charge in [0.25, 0.3) is 0 Å². The first kappa shape index (κ1) is 17.4. The maximum absolute atomic E-state index is 12.2. The monoisotopic (exact) mass is 397 g/mol. The number of likely N-dealkylation sites (tertiary alicyclic amines) is 1. The molecule has 1 aliphatic rings. The Kier molecular flexibility index (Phi) is 3.97. The first-order valence-electron chi connectivity index (χ1n) is 9.05. The number of amides is 1. The first-order chi connectivity index (χ1) is 13.6. The predicted molar refractivity (Wildman–Crippen MR) is 105 cm³/mol. The molecule has 1 fully saturated rings. The largest absolute Gasteiger partial charge is 0.391 e. The van der Waals surface area contributed by atoms with Crippen LogP contribution in [-0.2, 0) is 11.4 Å². The van der Waals surface area contributed by atoms with Crippen molar-refractivity contribution in [3.63, 3.8) is 0 Å². The molecule has 5 rings (SSSR count). The van der Waals surface area contributed by atoms with Crippen LogP contribution in [0.25, 0.3) is 27.9 Å². The van der Waals surface area contributed by atoms with Gasteiger partial charge in [0.2, 0.25) is 5.91 Å². The molecule has 1 amide bonds. The number of H-pyrrole nitrogens is 1. The molecule has 0 saturated carbocycles. The number of β-amino-alcohol motifs (C(OH)–C–C–N with tert-alkyl or cyclic N) is 1. The molecule has 28 heavy (non-hydrogen) atoms. The minimum atomic E-state index is -0.574. The van der Waals surface area contributed by atoms with E-state index in [2.05, 4.69) is 9.97 Å². The van der Waals surface area contributed by atoms with Gasteiger partial charge in [-0.25, -0.2) is 9.97 Å². The van der Waals surface area contributed by atoms with Crippen molar-refractivity contribution in [2.75, 3.05) is 6.54 Å². The lowest BCUT2D eigenvalue weighted by Crippen LogP contribution is -2.30. The van der Waals surface area contributed by atoms with Crippen molar-refractivity contribution in [1.29, 1.82) is 0 Å². The van der Waals surface area contributed by atoms with Crippen LogP contribution in [0.1, 0.15) is 30.1 Å². The van der Waals surface area contributed by atoms with Gasteiger partial charge in [0, 0.05) is 41.9 Å². The van der Waals surface area contributed by atoms with Crippen LogP contribution in [0.4, 0.5) is 0 Å². The summed E-state index contributed by atoms with van der Waals surface area (Å²) in [4.78, 5) is 27.2. The maximum Gasteiger partial charge on any atom is 0.220 e. The molecular formula is C19H19N5O3S. The number of fused-ring (bicyclic) bond motifs is 3. The molecule has 3 N–H and O–H groups in total. The summed E-state index contributed by atoms with van der Waals surface area (Å²) in [5.41, 5.74) is 4.09. The van der Waals surface area contributed by atoms with Crippen molar-refractivity contribution in [1.82, 2.24) is 24.3 Å². The summed E-state index contributed by atoms with van der Waals surface area (Å²) >= 11 is 1.48. The van der Waals surface area contributed by atoms with Crippen molar-refractivity contribution in [2.24, 2.45) is 0 Å². The van der Waals surface area contributed by atoms with E-state index >= 15 is 0 Å². The Hall–Kier alpha value is -2.75. The molecule has 0 bridgehead atoms. The van der Waals surface area contributed by atoms with Crippen LogP contribution in [-0.4, -0.2) is 53.0 Å². The number of aliphatic hydroxyl groups excluding tert-OH is 2. The third-order valence-electron chi connectivity index (χ3n) is 5.26. The van der Waals surface area contributed by atoms with Gasteiger partial charge in [-0.1, -0.05) is 0 Å². The van der Waals surface area contributed by atoms with E-state index in [0.29, 0.717) is 18.8 Å². The summed E-state index contributed by atoms with van der Waals surface area (Å²) in [6, 6.07) is 3.54. The zero-order chi connectivity index (χ0) is 19.4. The summed E-state index contributed by atoms with van der Waals surface area (Å²) in [6.07, 6.45) is 3.46. The predicted octanol–water partition coefficient (Wildman–Crippen LogP) is 2.09. The number of rotatable bonds is 3. The van der Waals surface area contributed by atoms with Crippen molar-refractivity contribution >= 4 is 33.9 Å². The molecule has 1 saturated heterocycles. The fourth-order valence-corrected chi connectivity index (χ4v) is 4.74. The van der Waals surface area contributed by atoms with Crippen LogP contribution in [0.15, 0.2) is 29.9 Å². The third kappa shape index (κ3) is 2.55. The van der Waals surface area contributed by atoms with Crippen molar-refractivity contribution in [3.8, 4) is 11.3 Å². The van der Waals surface area contributed by atoms with Crippen molar-refractivity contribution < 1.29 is 15.0 Å². The van der Waals surface area contributed by atoms with Gasteiger partial charge in [-0.15, -0.1) is 11.3 Å². The van der Waals surface area contributed by atoms with Gasteiger partial charge in [-0.3, -0.25) is 9.20 Å². The van der Waals surface area contributed by atoms with Crippen LogP contribution < -0.4 is 0 Å². The second-order valence-corrected chi connectivity index (χ2v) is 8.04. The highest BCUT2D eigenvalue weighted by Crippen LogP contribution is 2.37. The van der Waals surface area contributed by atoms with E-state index in [-0.39, 0.29) is 18.6 Å². The summed E-state index contributed by atoms with van der Waals surface area (Å²) in [7, 11) is 0. The Balaban J connectivity index is 1.78. The molecule has 0 unspecified atom stereocenters. The Bertz CT molecular complexity index is 1190.